The first kappa shape index (κ1) is 20.9. The summed E-state index contributed by atoms with van der Waals surface area (Å²) < 4.78 is 13.3. The van der Waals surface area contributed by atoms with Crippen LogP contribution in [-0.2, 0) is 0 Å². The fourth-order valence-corrected chi connectivity index (χ4v) is 3.99. The fourth-order valence-electron chi connectivity index (χ4n) is 3.99. The first-order chi connectivity index (χ1) is 16.2. The van der Waals surface area contributed by atoms with Crippen LogP contribution in [0.1, 0.15) is 28.8 Å². The average Bonchev–Trinajstić information content (AvgIpc) is 3.39. The number of fused-ring (bicyclic) bond motifs is 1. The number of carbonyl (C=O) groups excluding carboxylic acids is 1. The summed E-state index contributed by atoms with van der Waals surface area (Å²) in [7, 11) is 0. The number of nitrogens with one attached hydrogen (secondary N) is 2. The van der Waals surface area contributed by atoms with Gasteiger partial charge in [-0.1, -0.05) is 6.07 Å². The Hall–Kier alpha value is -4.00. The zero-order valence-electron chi connectivity index (χ0n) is 18.1. The van der Waals surface area contributed by atoms with Gasteiger partial charge >= 0.3 is 0 Å². The Morgan fingerprint density at radius 2 is 1.64 bits per heavy atom. The number of aromatic nitrogens is 2. The van der Waals surface area contributed by atoms with Crippen LogP contribution < -0.4 is 15.5 Å². The number of anilines is 3. The van der Waals surface area contributed by atoms with Crippen LogP contribution in [0.4, 0.5) is 21.6 Å². The zero-order chi connectivity index (χ0) is 22.6. The van der Waals surface area contributed by atoms with Gasteiger partial charge in [0.15, 0.2) is 5.78 Å². The van der Waals surface area contributed by atoms with E-state index in [9.17, 15) is 9.18 Å². The topological polar surface area (TPSA) is 70.2 Å². The molecule has 1 aromatic heterocycles. The Kier molecular flexibility index (Phi) is 5.85. The monoisotopic (exact) mass is 441 g/mol. The van der Waals surface area contributed by atoms with Gasteiger partial charge in [-0.15, -0.1) is 0 Å². The highest BCUT2D eigenvalue weighted by atomic mass is 19.1. The van der Waals surface area contributed by atoms with Crippen molar-refractivity contribution in [3.05, 3.63) is 89.9 Å². The van der Waals surface area contributed by atoms with Crippen LogP contribution >= 0.6 is 0 Å². The third-order valence-corrected chi connectivity index (χ3v) is 5.78. The van der Waals surface area contributed by atoms with Crippen LogP contribution in [0.5, 0.6) is 0 Å². The maximum absolute atomic E-state index is 13.3. The molecule has 0 radical (unpaired) electrons. The predicted molar refractivity (Wildman–Crippen MR) is 129 cm³/mol. The molecule has 0 aliphatic carbocycles. The Labute approximate surface area is 191 Å². The van der Waals surface area contributed by atoms with Gasteiger partial charge in [0.25, 0.3) is 0 Å². The molecule has 33 heavy (non-hydrogen) atoms. The van der Waals surface area contributed by atoms with Gasteiger partial charge in [0.1, 0.15) is 11.6 Å². The molecule has 2 N–H and O–H groups in total. The SMILES string of the molecule is O=C(c1ccc(NCNc2cccc(F)c2)cc1)c1ccc2ncc(N3CCCC3)nc2c1. The average molecular weight is 442 g/mol. The normalized spacial score (nSPS) is 13.3. The Morgan fingerprint density at radius 1 is 0.879 bits per heavy atom. The van der Waals surface area contributed by atoms with E-state index in [1.165, 1.54) is 25.0 Å². The standard InChI is InChI=1S/C26H24FN5O/c27-20-4-3-5-22(15-20)30-17-29-21-9-6-18(7-10-21)26(33)19-8-11-23-24(14-19)31-25(16-28-23)32-12-1-2-13-32/h3-11,14-16,29-30H,1-2,12-13,17H2. The van der Waals surface area contributed by atoms with Crippen LogP contribution in [0.15, 0.2) is 72.9 Å². The van der Waals surface area contributed by atoms with E-state index in [4.69, 9.17) is 4.98 Å². The molecule has 0 bridgehead atoms. The summed E-state index contributed by atoms with van der Waals surface area (Å²) in [6.45, 7) is 2.42. The molecule has 4 aromatic rings. The number of rotatable bonds is 7. The fraction of sp³-hybridized carbons (Fsp3) is 0.192. The second kappa shape index (κ2) is 9.24. The van der Waals surface area contributed by atoms with Crippen LogP contribution in [0.2, 0.25) is 0 Å². The first-order valence-corrected chi connectivity index (χ1v) is 11.1. The van der Waals surface area contributed by atoms with Crippen molar-refractivity contribution in [3.63, 3.8) is 0 Å². The Bertz CT molecular complexity index is 1290. The van der Waals surface area contributed by atoms with Gasteiger partial charge in [-0.3, -0.25) is 9.78 Å². The van der Waals surface area contributed by atoms with E-state index in [2.05, 4.69) is 20.5 Å². The highest BCUT2D eigenvalue weighted by Gasteiger charge is 2.15. The number of carbonyl (C=O) groups is 1. The minimum atomic E-state index is -0.283. The lowest BCUT2D eigenvalue weighted by molar-refractivity contribution is 0.103. The quantitative estimate of drug-likeness (QED) is 0.308. The molecule has 0 amide bonds. The maximum Gasteiger partial charge on any atom is 0.193 e. The van der Waals surface area contributed by atoms with Gasteiger partial charge < -0.3 is 15.5 Å². The van der Waals surface area contributed by atoms with E-state index >= 15 is 0 Å². The molecular weight excluding hydrogens is 417 g/mol. The molecule has 1 saturated heterocycles. The molecule has 0 atom stereocenters. The Balaban J connectivity index is 1.26. The number of hydrogen-bond donors (Lipinski definition) is 2. The molecule has 1 aliphatic heterocycles. The third kappa shape index (κ3) is 4.77. The number of nitrogens with zero attached hydrogens (tertiary/aromatic N) is 3. The van der Waals surface area contributed by atoms with Crippen molar-refractivity contribution in [2.75, 3.05) is 35.3 Å². The van der Waals surface area contributed by atoms with Crippen LogP contribution in [-0.4, -0.2) is 35.5 Å². The highest BCUT2D eigenvalue weighted by molar-refractivity contribution is 6.10. The molecule has 0 spiro atoms. The van der Waals surface area contributed by atoms with Gasteiger partial charge in [0.05, 0.1) is 23.9 Å². The molecule has 1 aliphatic rings. The van der Waals surface area contributed by atoms with Gasteiger partial charge in [-0.25, -0.2) is 9.37 Å². The van der Waals surface area contributed by atoms with Crippen molar-refractivity contribution in [2.24, 2.45) is 0 Å². The molecule has 3 aromatic carbocycles. The summed E-state index contributed by atoms with van der Waals surface area (Å²) in [6.07, 6.45) is 4.15. The van der Waals surface area contributed by atoms with Crippen molar-refractivity contribution in [3.8, 4) is 0 Å². The second-order valence-electron chi connectivity index (χ2n) is 8.07. The van der Waals surface area contributed by atoms with Gasteiger partial charge in [-0.2, -0.15) is 0 Å². The lowest BCUT2D eigenvalue weighted by Crippen LogP contribution is -2.19. The zero-order valence-corrected chi connectivity index (χ0v) is 18.1. The highest BCUT2D eigenvalue weighted by Crippen LogP contribution is 2.22. The summed E-state index contributed by atoms with van der Waals surface area (Å²) in [4.78, 5) is 24.5. The number of benzene rings is 3. The summed E-state index contributed by atoms with van der Waals surface area (Å²) in [5.41, 5.74) is 4.24. The van der Waals surface area contributed by atoms with E-state index < -0.39 is 0 Å². The van der Waals surface area contributed by atoms with E-state index in [-0.39, 0.29) is 11.6 Å². The van der Waals surface area contributed by atoms with Gasteiger partial charge in [0, 0.05) is 35.6 Å². The van der Waals surface area contributed by atoms with Crippen molar-refractivity contribution < 1.29 is 9.18 Å². The molecule has 166 valence electrons. The second-order valence-corrected chi connectivity index (χ2v) is 8.07. The minimum absolute atomic E-state index is 0.0605. The predicted octanol–water partition coefficient (Wildman–Crippen LogP) is 5.08. The summed E-state index contributed by atoms with van der Waals surface area (Å²) >= 11 is 0. The lowest BCUT2D eigenvalue weighted by Gasteiger charge is -2.16. The molecule has 2 heterocycles. The van der Waals surface area contributed by atoms with E-state index in [1.807, 2.05) is 30.5 Å². The van der Waals surface area contributed by atoms with Crippen molar-refractivity contribution in [2.45, 2.75) is 12.8 Å². The van der Waals surface area contributed by atoms with E-state index in [1.54, 1.807) is 30.3 Å². The van der Waals surface area contributed by atoms with Crippen molar-refractivity contribution in [1.82, 2.24) is 9.97 Å². The van der Waals surface area contributed by atoms with E-state index in [0.717, 1.165) is 35.6 Å². The summed E-state index contributed by atoms with van der Waals surface area (Å²) in [5.74, 6) is 0.524. The first-order valence-electron chi connectivity index (χ1n) is 11.1. The maximum atomic E-state index is 13.3. The molecular formula is C26H24FN5O. The molecule has 7 heteroatoms. The van der Waals surface area contributed by atoms with E-state index in [0.29, 0.717) is 23.5 Å². The largest absolute Gasteiger partial charge is 0.368 e. The molecule has 5 rings (SSSR count). The number of halogens is 1. The van der Waals surface area contributed by atoms with Crippen molar-refractivity contribution in [1.29, 1.82) is 0 Å². The van der Waals surface area contributed by atoms with Gasteiger partial charge in [0.2, 0.25) is 0 Å². The summed E-state index contributed by atoms with van der Waals surface area (Å²) in [5, 5.41) is 6.31. The number of ketones is 1. The lowest BCUT2D eigenvalue weighted by atomic mass is 10.0. The smallest absolute Gasteiger partial charge is 0.193 e. The minimum Gasteiger partial charge on any atom is -0.368 e. The molecule has 0 saturated carbocycles. The molecule has 6 nitrogen and oxygen atoms in total. The van der Waals surface area contributed by atoms with Crippen LogP contribution in [0.25, 0.3) is 11.0 Å². The number of hydrogen-bond acceptors (Lipinski definition) is 6. The third-order valence-electron chi connectivity index (χ3n) is 5.78. The van der Waals surface area contributed by atoms with Gasteiger partial charge in [-0.05, 0) is 73.5 Å². The summed E-state index contributed by atoms with van der Waals surface area (Å²) in [6, 6.07) is 19.1. The Morgan fingerprint density at radius 3 is 2.42 bits per heavy atom. The van der Waals surface area contributed by atoms with Crippen molar-refractivity contribution >= 4 is 34.0 Å². The van der Waals surface area contributed by atoms with Crippen LogP contribution in [0, 0.1) is 5.82 Å². The molecule has 1 fully saturated rings. The molecule has 0 unspecified atom stereocenters. The van der Waals surface area contributed by atoms with Crippen LogP contribution in [0.3, 0.4) is 0 Å².